The van der Waals surface area contributed by atoms with Crippen LogP contribution in [0.5, 0.6) is 5.75 Å². The van der Waals surface area contributed by atoms with Crippen LogP contribution < -0.4 is 0 Å². The van der Waals surface area contributed by atoms with E-state index in [2.05, 4.69) is 98.0 Å². The van der Waals surface area contributed by atoms with E-state index in [-0.39, 0.29) is 36.7 Å². The zero-order valence-electron chi connectivity index (χ0n) is 24.0. The van der Waals surface area contributed by atoms with Gasteiger partial charge < -0.3 is 5.11 Å². The van der Waals surface area contributed by atoms with Crippen molar-refractivity contribution in [2.75, 3.05) is 0 Å². The van der Waals surface area contributed by atoms with Gasteiger partial charge in [-0.3, -0.25) is 9.08 Å². The predicted octanol–water partition coefficient (Wildman–Crippen LogP) is 8.25. The number of fused-ring (bicyclic) bond motifs is 9. The van der Waals surface area contributed by atoms with Crippen LogP contribution in [-0.2, 0) is 30.9 Å². The second-order valence-corrected chi connectivity index (χ2v) is 11.7. The molecule has 0 saturated carbocycles. The largest absolute Gasteiger partial charge is 0.507 e. The number of phenols is 1. The Morgan fingerprint density at radius 2 is 1.52 bits per heavy atom. The molecule has 1 aliphatic heterocycles. The minimum Gasteiger partial charge on any atom is -0.507 e. The van der Waals surface area contributed by atoms with Gasteiger partial charge in [0.1, 0.15) is 11.4 Å². The van der Waals surface area contributed by atoms with E-state index in [1.165, 1.54) is 22.4 Å². The third kappa shape index (κ3) is 4.01. The molecule has 0 fully saturated rings. The Kier molecular flexibility index (Phi) is 6.80. The third-order valence-corrected chi connectivity index (χ3v) is 9.09. The van der Waals surface area contributed by atoms with Crippen molar-refractivity contribution >= 4 is 27.3 Å². The summed E-state index contributed by atoms with van der Waals surface area (Å²) in [7, 11) is 0. The van der Waals surface area contributed by atoms with Crippen LogP contribution in [0.4, 0.5) is 0 Å². The smallest absolute Gasteiger partial charge is 0.148 e. The molecular weight excluding hydrogens is 697 g/mol. The van der Waals surface area contributed by atoms with Crippen LogP contribution in [-0.4, -0.2) is 24.3 Å². The molecule has 1 aliphatic rings. The SMILES string of the molecule is CC1(C)c2ccc[c-]c2-n2ncc(-c3ccccc3)c2C1(C)C.Oc1cccc2c3ccccc3n3ccnc3c12.[Ir]. The van der Waals surface area contributed by atoms with Crippen molar-refractivity contribution in [1.82, 2.24) is 19.2 Å². The summed E-state index contributed by atoms with van der Waals surface area (Å²) in [6, 6.07) is 33.9. The van der Waals surface area contributed by atoms with E-state index < -0.39 is 0 Å². The van der Waals surface area contributed by atoms with Crippen LogP contribution in [0.2, 0.25) is 0 Å². The van der Waals surface area contributed by atoms with E-state index in [0.29, 0.717) is 0 Å². The molecule has 0 bridgehead atoms. The Labute approximate surface area is 258 Å². The minimum absolute atomic E-state index is 0. The monoisotopic (exact) mass is 728 g/mol. The van der Waals surface area contributed by atoms with Gasteiger partial charge in [-0.1, -0.05) is 88.4 Å². The zero-order chi connectivity index (χ0) is 28.4. The van der Waals surface area contributed by atoms with E-state index in [1.54, 1.807) is 12.3 Å². The summed E-state index contributed by atoms with van der Waals surface area (Å²) in [6.45, 7) is 9.29. The number of phenolic OH excluding ortho intramolecular Hbond substituents is 1. The van der Waals surface area contributed by atoms with Gasteiger partial charge in [0.25, 0.3) is 0 Å². The summed E-state index contributed by atoms with van der Waals surface area (Å²) in [4.78, 5) is 4.36. The van der Waals surface area contributed by atoms with Crippen LogP contribution in [0, 0.1) is 6.07 Å². The maximum Gasteiger partial charge on any atom is 0.148 e. The number of hydrogen-bond donors (Lipinski definition) is 1. The summed E-state index contributed by atoms with van der Waals surface area (Å²) < 4.78 is 4.10. The van der Waals surface area contributed by atoms with Crippen LogP contribution in [0.1, 0.15) is 39.0 Å². The van der Waals surface area contributed by atoms with Gasteiger partial charge in [0.15, 0.2) is 0 Å². The van der Waals surface area contributed by atoms with Crippen molar-refractivity contribution in [3.63, 3.8) is 0 Å². The third-order valence-electron chi connectivity index (χ3n) is 9.09. The van der Waals surface area contributed by atoms with Crippen LogP contribution in [0.3, 0.4) is 0 Å². The van der Waals surface area contributed by atoms with Gasteiger partial charge >= 0.3 is 0 Å². The van der Waals surface area contributed by atoms with E-state index in [9.17, 15) is 5.11 Å². The van der Waals surface area contributed by atoms with Crippen molar-refractivity contribution in [3.8, 4) is 22.6 Å². The Balaban J connectivity index is 0.000000151. The number of benzene rings is 4. The Morgan fingerprint density at radius 3 is 2.33 bits per heavy atom. The maximum atomic E-state index is 10.1. The molecule has 211 valence electrons. The first-order valence-corrected chi connectivity index (χ1v) is 13.9. The number of aromatic nitrogens is 4. The molecule has 4 aromatic carbocycles. The average Bonchev–Trinajstić information content (AvgIpc) is 3.66. The summed E-state index contributed by atoms with van der Waals surface area (Å²) in [5.41, 5.74) is 7.93. The molecule has 1 N–H and O–H groups in total. The Bertz CT molecular complexity index is 2060. The molecule has 1 radical (unpaired) electrons. The maximum absolute atomic E-state index is 10.1. The summed E-state index contributed by atoms with van der Waals surface area (Å²) in [5, 5.41) is 17.8. The fraction of sp³-hybridized carbons (Fsp3) is 0.167. The molecule has 4 heterocycles. The molecular formula is C36H31IrN4O-. The van der Waals surface area contributed by atoms with Crippen LogP contribution >= 0.6 is 0 Å². The fourth-order valence-electron chi connectivity index (χ4n) is 6.28. The fourth-order valence-corrected chi connectivity index (χ4v) is 6.28. The average molecular weight is 728 g/mol. The van der Waals surface area contributed by atoms with E-state index >= 15 is 0 Å². The van der Waals surface area contributed by atoms with Gasteiger partial charge in [-0.05, 0) is 34.2 Å². The van der Waals surface area contributed by atoms with Crippen molar-refractivity contribution in [3.05, 3.63) is 127 Å². The van der Waals surface area contributed by atoms with Crippen molar-refractivity contribution in [2.24, 2.45) is 0 Å². The van der Waals surface area contributed by atoms with Gasteiger partial charge in [0, 0.05) is 48.9 Å². The minimum atomic E-state index is -0.0448. The van der Waals surface area contributed by atoms with Gasteiger partial charge in [-0.15, -0.1) is 5.56 Å². The normalized spacial score (nSPS) is 14.5. The number of pyridine rings is 1. The number of para-hydroxylation sites is 2. The molecule has 0 unspecified atom stereocenters. The summed E-state index contributed by atoms with van der Waals surface area (Å²) >= 11 is 0. The first-order valence-electron chi connectivity index (χ1n) is 13.9. The Hall–Kier alpha value is -4.25. The van der Waals surface area contributed by atoms with Crippen molar-refractivity contribution in [1.29, 1.82) is 0 Å². The summed E-state index contributed by atoms with van der Waals surface area (Å²) in [6.07, 6.45) is 5.68. The molecule has 0 amide bonds. The standard InChI is InChI=1S/C21H21N2.C15H10N2O.Ir/c1-20(2)17-12-8-9-13-18(17)23-19(21(20,3)4)16(14-22-23)15-10-6-5-7-11-15;18-13-7-3-5-11-10-4-1-2-6-12(10)17-9-8-16-15(17)14(11)13;/h5-12,14H,1-4H3;1-9,18H;/q-1;;. The molecule has 0 saturated heterocycles. The predicted molar refractivity (Wildman–Crippen MR) is 166 cm³/mol. The number of imidazole rings is 1. The molecule has 0 spiro atoms. The first-order chi connectivity index (χ1) is 19.8. The molecule has 0 aliphatic carbocycles. The molecule has 5 nitrogen and oxygen atoms in total. The number of nitrogens with zero attached hydrogens (tertiary/aromatic N) is 4. The van der Waals surface area contributed by atoms with Crippen LogP contribution in [0.15, 0.2) is 110 Å². The molecule has 7 aromatic rings. The molecule has 8 rings (SSSR count). The van der Waals surface area contributed by atoms with E-state index in [4.69, 9.17) is 5.10 Å². The van der Waals surface area contributed by atoms with E-state index in [1.807, 2.05) is 47.1 Å². The zero-order valence-corrected chi connectivity index (χ0v) is 26.4. The van der Waals surface area contributed by atoms with Crippen LogP contribution in [0.25, 0.3) is 44.1 Å². The number of rotatable bonds is 1. The quantitative estimate of drug-likeness (QED) is 0.137. The molecule has 3 aromatic heterocycles. The number of hydrogen-bond acceptors (Lipinski definition) is 3. The Morgan fingerprint density at radius 1 is 0.786 bits per heavy atom. The van der Waals surface area contributed by atoms with Gasteiger partial charge in [0.2, 0.25) is 0 Å². The van der Waals surface area contributed by atoms with Gasteiger partial charge in [-0.25, -0.2) is 4.98 Å². The molecule has 0 atom stereocenters. The first kappa shape index (κ1) is 27.9. The van der Waals surface area contributed by atoms with Gasteiger partial charge in [0.05, 0.1) is 22.8 Å². The second-order valence-electron chi connectivity index (χ2n) is 11.7. The molecule has 42 heavy (non-hydrogen) atoms. The van der Waals surface area contributed by atoms with Gasteiger partial charge in [-0.2, -0.15) is 29.4 Å². The number of aromatic hydroxyl groups is 1. The second kappa shape index (κ2) is 10.2. The summed E-state index contributed by atoms with van der Waals surface area (Å²) in [5.74, 6) is 0.273. The van der Waals surface area contributed by atoms with Crippen molar-refractivity contribution in [2.45, 2.75) is 38.5 Å². The topological polar surface area (TPSA) is 55.3 Å². The van der Waals surface area contributed by atoms with Crippen molar-refractivity contribution < 1.29 is 25.2 Å². The van der Waals surface area contributed by atoms with E-state index in [0.717, 1.165) is 33.0 Å². The molecule has 6 heteroatoms.